The molecule has 1 saturated heterocycles. The summed E-state index contributed by atoms with van der Waals surface area (Å²) in [5.41, 5.74) is 3.95. The van der Waals surface area contributed by atoms with Crippen LogP contribution in [-0.4, -0.2) is 94.6 Å². The number of rotatable bonds is 14. The number of amides is 1. The van der Waals surface area contributed by atoms with E-state index < -0.39 is 24.4 Å². The van der Waals surface area contributed by atoms with Gasteiger partial charge in [0.15, 0.2) is 0 Å². The van der Waals surface area contributed by atoms with E-state index in [4.69, 9.17) is 28.4 Å². The molecule has 2 aliphatic rings. The number of ether oxygens (including phenoxy) is 6. The highest BCUT2D eigenvalue weighted by molar-refractivity contribution is 5.68. The van der Waals surface area contributed by atoms with Crippen LogP contribution in [0.15, 0.2) is 72.8 Å². The number of hydrogen-bond acceptors (Lipinski definition) is 9. The SMILES string of the molecule is COCCCN1CCOc2ccc(CO[C@H]3CN(C(=O)OCc4ccccc4)C[C@@H](OC[C@H](C)O)[C@@H]3c3ccc(OC)cc3)cc21. The molecule has 0 radical (unpaired) electrons. The summed E-state index contributed by atoms with van der Waals surface area (Å²) in [6, 6.07) is 23.6. The van der Waals surface area contributed by atoms with Crippen molar-refractivity contribution in [1.82, 2.24) is 4.90 Å². The smallest absolute Gasteiger partial charge is 0.410 e. The summed E-state index contributed by atoms with van der Waals surface area (Å²) in [5.74, 6) is 1.39. The first-order chi connectivity index (χ1) is 22.4. The Balaban J connectivity index is 1.38. The standard InChI is InChI=1S/C36H46N2O8/c1-26(39)23-44-33-21-38(36(40)46-24-27-8-5-4-6-9-27)22-34(35(33)29-11-13-30(42-3)14-12-29)45-25-28-10-15-32-31(20-28)37(17-19-43-32)16-7-18-41-2/h4-6,8-15,20,26,33-35,39H,7,16-19,21-25H2,1-3H3/t26-,33+,34-,35-/m0/s1. The van der Waals surface area contributed by atoms with Crippen molar-refractivity contribution in [3.05, 3.63) is 89.5 Å². The molecule has 1 fully saturated rings. The first-order valence-electron chi connectivity index (χ1n) is 16.0. The lowest BCUT2D eigenvalue weighted by molar-refractivity contribution is -0.103. The number of carbonyl (C=O) groups is 1. The highest BCUT2D eigenvalue weighted by Gasteiger charge is 2.42. The lowest BCUT2D eigenvalue weighted by atomic mass is 9.84. The summed E-state index contributed by atoms with van der Waals surface area (Å²) in [7, 11) is 3.36. The zero-order chi connectivity index (χ0) is 32.3. The van der Waals surface area contributed by atoms with Crippen molar-refractivity contribution in [1.29, 1.82) is 0 Å². The van der Waals surface area contributed by atoms with Gasteiger partial charge in [-0.2, -0.15) is 0 Å². The Morgan fingerprint density at radius 3 is 2.43 bits per heavy atom. The zero-order valence-corrected chi connectivity index (χ0v) is 27.0. The van der Waals surface area contributed by atoms with Gasteiger partial charge in [-0.05, 0) is 54.3 Å². The summed E-state index contributed by atoms with van der Waals surface area (Å²) in [5, 5.41) is 10.1. The van der Waals surface area contributed by atoms with E-state index in [1.165, 1.54) is 0 Å². The van der Waals surface area contributed by atoms with E-state index in [-0.39, 0.29) is 19.1 Å². The van der Waals surface area contributed by atoms with Crippen LogP contribution in [0.2, 0.25) is 0 Å². The Morgan fingerprint density at radius 1 is 0.957 bits per heavy atom. The minimum absolute atomic E-state index is 0.126. The molecule has 10 heteroatoms. The number of nitrogens with zero attached hydrogens (tertiary/aromatic N) is 2. The van der Waals surface area contributed by atoms with E-state index in [1.54, 1.807) is 26.0 Å². The van der Waals surface area contributed by atoms with E-state index >= 15 is 0 Å². The van der Waals surface area contributed by atoms with Gasteiger partial charge in [0.2, 0.25) is 0 Å². The molecule has 1 amide bonds. The molecule has 4 atom stereocenters. The van der Waals surface area contributed by atoms with Crippen LogP contribution in [0.1, 0.15) is 36.0 Å². The van der Waals surface area contributed by atoms with E-state index in [1.807, 2.05) is 66.7 Å². The van der Waals surface area contributed by atoms with Gasteiger partial charge < -0.3 is 43.3 Å². The van der Waals surface area contributed by atoms with Gasteiger partial charge >= 0.3 is 6.09 Å². The first kappa shape index (κ1) is 33.5. The molecule has 2 aliphatic heterocycles. The highest BCUT2D eigenvalue weighted by Crippen LogP contribution is 2.36. The number of anilines is 1. The van der Waals surface area contributed by atoms with E-state index in [0.717, 1.165) is 53.4 Å². The number of benzene rings is 3. The molecular weight excluding hydrogens is 588 g/mol. The van der Waals surface area contributed by atoms with Crippen molar-refractivity contribution in [2.75, 3.05) is 65.1 Å². The van der Waals surface area contributed by atoms with Gasteiger partial charge in [0, 0.05) is 26.2 Å². The molecule has 248 valence electrons. The van der Waals surface area contributed by atoms with Crippen LogP contribution in [-0.2, 0) is 32.2 Å². The van der Waals surface area contributed by atoms with E-state index in [0.29, 0.717) is 32.9 Å². The fourth-order valence-corrected chi connectivity index (χ4v) is 6.01. The second-order valence-corrected chi connectivity index (χ2v) is 11.8. The summed E-state index contributed by atoms with van der Waals surface area (Å²) in [6.45, 7) is 5.94. The van der Waals surface area contributed by atoms with Gasteiger partial charge in [-0.3, -0.25) is 0 Å². The highest BCUT2D eigenvalue weighted by atomic mass is 16.6. The number of piperidine rings is 1. The van der Waals surface area contributed by atoms with Crippen LogP contribution in [0, 0.1) is 0 Å². The topological polar surface area (TPSA) is 99.2 Å². The van der Waals surface area contributed by atoms with Crippen LogP contribution in [0.4, 0.5) is 10.5 Å². The molecule has 2 heterocycles. The molecular formula is C36H46N2O8. The molecule has 0 bridgehead atoms. The van der Waals surface area contributed by atoms with Crippen molar-refractivity contribution in [2.45, 2.75) is 50.8 Å². The van der Waals surface area contributed by atoms with Crippen LogP contribution < -0.4 is 14.4 Å². The lowest BCUT2D eigenvalue weighted by Crippen LogP contribution is -2.55. The summed E-state index contributed by atoms with van der Waals surface area (Å²) < 4.78 is 35.3. The van der Waals surface area contributed by atoms with Crippen LogP contribution in [0.5, 0.6) is 11.5 Å². The average Bonchev–Trinajstić information content (AvgIpc) is 3.09. The van der Waals surface area contributed by atoms with Crippen molar-refractivity contribution >= 4 is 11.8 Å². The second kappa shape index (κ2) is 16.6. The predicted molar refractivity (Wildman–Crippen MR) is 175 cm³/mol. The first-order valence-corrected chi connectivity index (χ1v) is 16.0. The third kappa shape index (κ3) is 8.91. The number of methoxy groups -OCH3 is 2. The maximum atomic E-state index is 13.4. The van der Waals surface area contributed by atoms with Gasteiger partial charge in [-0.25, -0.2) is 4.79 Å². The van der Waals surface area contributed by atoms with Gasteiger partial charge in [0.25, 0.3) is 0 Å². The number of fused-ring (bicyclic) bond motifs is 1. The maximum Gasteiger partial charge on any atom is 0.410 e. The molecule has 46 heavy (non-hydrogen) atoms. The number of carbonyl (C=O) groups excluding carboxylic acids is 1. The molecule has 10 nitrogen and oxygen atoms in total. The summed E-state index contributed by atoms with van der Waals surface area (Å²) in [4.78, 5) is 17.4. The summed E-state index contributed by atoms with van der Waals surface area (Å²) in [6.07, 6.45) is -1.05. The van der Waals surface area contributed by atoms with Crippen molar-refractivity contribution in [2.24, 2.45) is 0 Å². The van der Waals surface area contributed by atoms with E-state index in [9.17, 15) is 9.90 Å². The number of hydrogen-bond donors (Lipinski definition) is 1. The molecule has 0 spiro atoms. The molecule has 0 aromatic heterocycles. The summed E-state index contributed by atoms with van der Waals surface area (Å²) >= 11 is 0. The van der Waals surface area contributed by atoms with Crippen LogP contribution >= 0.6 is 0 Å². The largest absolute Gasteiger partial charge is 0.497 e. The number of aliphatic hydroxyl groups excluding tert-OH is 1. The van der Waals surface area contributed by atoms with Crippen LogP contribution in [0.25, 0.3) is 0 Å². The molecule has 3 aromatic rings. The van der Waals surface area contributed by atoms with Gasteiger partial charge in [-0.15, -0.1) is 0 Å². The quantitative estimate of drug-likeness (QED) is 0.245. The maximum absolute atomic E-state index is 13.4. The Labute approximate surface area is 271 Å². The molecule has 0 aliphatic carbocycles. The molecule has 1 N–H and O–H groups in total. The third-order valence-corrected chi connectivity index (χ3v) is 8.34. The number of likely N-dealkylation sites (tertiary alicyclic amines) is 1. The normalized spacial score (nSPS) is 20.0. The molecule has 0 unspecified atom stereocenters. The fraction of sp³-hybridized carbons (Fsp3) is 0.472. The van der Waals surface area contributed by atoms with Crippen LogP contribution in [0.3, 0.4) is 0 Å². The average molecular weight is 635 g/mol. The van der Waals surface area contributed by atoms with Gasteiger partial charge in [0.1, 0.15) is 24.7 Å². The predicted octanol–water partition coefficient (Wildman–Crippen LogP) is 5.02. The Bertz CT molecular complexity index is 1370. The van der Waals surface area contributed by atoms with Gasteiger partial charge in [0.05, 0.1) is 64.0 Å². The number of aliphatic hydroxyl groups is 1. The fourth-order valence-electron chi connectivity index (χ4n) is 6.01. The molecule has 5 rings (SSSR count). The van der Waals surface area contributed by atoms with Crippen molar-refractivity contribution < 1.29 is 38.3 Å². The van der Waals surface area contributed by atoms with Crippen molar-refractivity contribution in [3.63, 3.8) is 0 Å². The molecule has 0 saturated carbocycles. The third-order valence-electron chi connectivity index (χ3n) is 8.34. The minimum Gasteiger partial charge on any atom is -0.497 e. The Morgan fingerprint density at radius 2 is 1.72 bits per heavy atom. The zero-order valence-electron chi connectivity index (χ0n) is 27.0. The minimum atomic E-state index is -0.666. The molecule has 3 aromatic carbocycles. The van der Waals surface area contributed by atoms with Crippen molar-refractivity contribution in [3.8, 4) is 11.5 Å². The second-order valence-electron chi connectivity index (χ2n) is 11.8. The Kier molecular flexibility index (Phi) is 12.1. The Hall–Kier alpha value is -3.83. The van der Waals surface area contributed by atoms with Gasteiger partial charge in [-0.1, -0.05) is 48.5 Å². The monoisotopic (exact) mass is 634 g/mol. The lowest BCUT2D eigenvalue weighted by Gasteiger charge is -2.43. The van der Waals surface area contributed by atoms with E-state index in [2.05, 4.69) is 11.0 Å².